The Morgan fingerprint density at radius 3 is 2.21 bits per heavy atom. The lowest BCUT2D eigenvalue weighted by molar-refractivity contribution is -0.0210. The van der Waals surface area contributed by atoms with Gasteiger partial charge in [0, 0.05) is 19.1 Å². The molecule has 1 saturated heterocycles. The van der Waals surface area contributed by atoms with Crippen molar-refractivity contribution in [3.05, 3.63) is 0 Å². The summed E-state index contributed by atoms with van der Waals surface area (Å²) in [6, 6.07) is 3.25. The second-order valence-corrected chi connectivity index (χ2v) is 7.78. The zero-order valence-electron chi connectivity index (χ0n) is 11.9. The first-order valence-corrected chi connectivity index (χ1v) is 8.05. The molecule has 3 heteroatoms. The molecule has 0 radical (unpaired) electrons. The molecule has 4 saturated carbocycles. The lowest BCUT2D eigenvalue weighted by Crippen LogP contribution is -2.61. The molecule has 1 aliphatic heterocycles. The molecular weight excluding hydrogens is 234 g/mol. The first kappa shape index (κ1) is 12.2. The van der Waals surface area contributed by atoms with Crippen molar-refractivity contribution < 1.29 is 0 Å². The van der Waals surface area contributed by atoms with Gasteiger partial charge in [-0.15, -0.1) is 0 Å². The highest BCUT2D eigenvalue weighted by Gasteiger charge is 2.51. The van der Waals surface area contributed by atoms with E-state index in [0.717, 1.165) is 43.2 Å². The van der Waals surface area contributed by atoms with Gasteiger partial charge in [-0.25, -0.2) is 0 Å². The molecule has 19 heavy (non-hydrogen) atoms. The molecule has 0 spiro atoms. The summed E-state index contributed by atoms with van der Waals surface area (Å²) in [5.41, 5.74) is -0.255. The van der Waals surface area contributed by atoms with E-state index in [4.69, 9.17) is 0 Å². The molecule has 4 bridgehead atoms. The molecule has 4 aliphatic carbocycles. The fraction of sp³-hybridized carbons (Fsp3) is 0.938. The van der Waals surface area contributed by atoms with E-state index in [1.807, 2.05) is 0 Å². The Hall–Kier alpha value is -0.590. The topological polar surface area (TPSA) is 39.1 Å². The third kappa shape index (κ3) is 1.92. The van der Waals surface area contributed by atoms with Crippen LogP contribution in [0.25, 0.3) is 0 Å². The number of likely N-dealkylation sites (tertiary alicyclic amines) is 1. The van der Waals surface area contributed by atoms with Crippen molar-refractivity contribution in [1.29, 1.82) is 5.26 Å². The standard InChI is InChI=1S/C16H25N3/c1-19-3-2-16(9-17,10-19)18-15-13-5-11-4-12(7-13)8-14(15)6-11/h11-15,18H,2-8,10H2,1H3. The van der Waals surface area contributed by atoms with E-state index in [1.165, 1.54) is 32.1 Å². The average Bonchev–Trinajstić information content (AvgIpc) is 2.75. The van der Waals surface area contributed by atoms with Crippen LogP contribution >= 0.6 is 0 Å². The monoisotopic (exact) mass is 259 g/mol. The number of nitrogens with zero attached hydrogens (tertiary/aromatic N) is 2. The smallest absolute Gasteiger partial charge is 0.120 e. The van der Waals surface area contributed by atoms with E-state index in [1.54, 1.807) is 0 Å². The summed E-state index contributed by atoms with van der Waals surface area (Å²) in [6.07, 6.45) is 8.24. The Morgan fingerprint density at radius 1 is 1.11 bits per heavy atom. The van der Waals surface area contributed by atoms with Gasteiger partial charge in [0.2, 0.25) is 0 Å². The Balaban J connectivity index is 1.52. The van der Waals surface area contributed by atoms with Gasteiger partial charge in [0.15, 0.2) is 0 Å². The number of hydrogen-bond donors (Lipinski definition) is 1. The van der Waals surface area contributed by atoms with Crippen molar-refractivity contribution in [2.24, 2.45) is 23.7 Å². The summed E-state index contributed by atoms with van der Waals surface area (Å²) in [4.78, 5) is 2.30. The van der Waals surface area contributed by atoms with Crippen molar-refractivity contribution in [2.75, 3.05) is 20.1 Å². The summed E-state index contributed by atoms with van der Waals surface area (Å²) in [6.45, 7) is 1.97. The van der Waals surface area contributed by atoms with Crippen molar-refractivity contribution in [3.8, 4) is 6.07 Å². The molecular formula is C16H25N3. The maximum atomic E-state index is 9.65. The number of likely N-dealkylation sites (N-methyl/N-ethyl adjacent to an activating group) is 1. The van der Waals surface area contributed by atoms with E-state index in [9.17, 15) is 5.26 Å². The van der Waals surface area contributed by atoms with Gasteiger partial charge >= 0.3 is 0 Å². The molecule has 0 aromatic heterocycles. The molecule has 0 aromatic carbocycles. The maximum Gasteiger partial charge on any atom is 0.120 e. The fourth-order valence-corrected chi connectivity index (χ4v) is 5.72. The molecule has 0 aromatic rings. The molecule has 5 aliphatic rings. The molecule has 1 atom stereocenters. The Bertz CT molecular complexity index is 385. The first-order chi connectivity index (χ1) is 9.17. The van der Waals surface area contributed by atoms with Gasteiger partial charge in [-0.3, -0.25) is 5.32 Å². The summed E-state index contributed by atoms with van der Waals surface area (Å²) in [5, 5.41) is 13.5. The van der Waals surface area contributed by atoms with Gasteiger partial charge in [0.25, 0.3) is 0 Å². The number of nitrogens with one attached hydrogen (secondary N) is 1. The Kier molecular flexibility index (Phi) is 2.69. The normalized spacial score (nSPS) is 52.5. The average molecular weight is 259 g/mol. The highest BCUT2D eigenvalue weighted by Crippen LogP contribution is 2.54. The number of rotatable bonds is 2. The zero-order valence-corrected chi connectivity index (χ0v) is 11.9. The van der Waals surface area contributed by atoms with E-state index >= 15 is 0 Å². The first-order valence-electron chi connectivity index (χ1n) is 8.05. The number of nitriles is 1. The second kappa shape index (κ2) is 4.20. The van der Waals surface area contributed by atoms with Crippen LogP contribution in [0.4, 0.5) is 0 Å². The quantitative estimate of drug-likeness (QED) is 0.824. The van der Waals surface area contributed by atoms with E-state index in [-0.39, 0.29) is 5.54 Å². The predicted molar refractivity (Wildman–Crippen MR) is 74.4 cm³/mol. The summed E-state index contributed by atoms with van der Waals surface area (Å²) < 4.78 is 0. The highest BCUT2D eigenvalue weighted by molar-refractivity contribution is 5.15. The van der Waals surface area contributed by atoms with Crippen LogP contribution in [0, 0.1) is 35.0 Å². The fourth-order valence-electron chi connectivity index (χ4n) is 5.72. The lowest BCUT2D eigenvalue weighted by atomic mass is 9.54. The van der Waals surface area contributed by atoms with Crippen molar-refractivity contribution >= 4 is 0 Å². The van der Waals surface area contributed by atoms with Crippen LogP contribution in [0.3, 0.4) is 0 Å². The Labute approximate surface area is 116 Å². The molecule has 0 amide bonds. The SMILES string of the molecule is CN1CCC(C#N)(NC2C3CC4CC(C3)CC2C4)C1. The second-order valence-electron chi connectivity index (χ2n) is 7.78. The molecule has 1 unspecified atom stereocenters. The molecule has 1 N–H and O–H groups in total. The van der Waals surface area contributed by atoms with Crippen LogP contribution < -0.4 is 5.32 Å². The van der Waals surface area contributed by atoms with Gasteiger partial charge in [-0.2, -0.15) is 5.26 Å². The Morgan fingerprint density at radius 2 is 1.74 bits per heavy atom. The lowest BCUT2D eigenvalue weighted by Gasteiger charge is -2.55. The zero-order chi connectivity index (χ0) is 13.0. The third-order valence-corrected chi connectivity index (χ3v) is 6.34. The van der Waals surface area contributed by atoms with Gasteiger partial charge in [-0.05, 0) is 69.2 Å². The van der Waals surface area contributed by atoms with Crippen LogP contribution in [0.1, 0.15) is 38.5 Å². The van der Waals surface area contributed by atoms with Gasteiger partial charge < -0.3 is 4.90 Å². The van der Waals surface area contributed by atoms with Crippen molar-refractivity contribution in [1.82, 2.24) is 10.2 Å². The van der Waals surface area contributed by atoms with Crippen LogP contribution in [0.15, 0.2) is 0 Å². The van der Waals surface area contributed by atoms with E-state index in [2.05, 4.69) is 23.3 Å². The largest absolute Gasteiger partial charge is 0.303 e. The van der Waals surface area contributed by atoms with Gasteiger partial charge in [0.1, 0.15) is 5.54 Å². The number of hydrogen-bond acceptors (Lipinski definition) is 3. The van der Waals surface area contributed by atoms with E-state index in [0.29, 0.717) is 6.04 Å². The van der Waals surface area contributed by atoms with E-state index < -0.39 is 0 Å². The molecule has 5 fully saturated rings. The van der Waals surface area contributed by atoms with Crippen LogP contribution in [0.2, 0.25) is 0 Å². The third-order valence-electron chi connectivity index (χ3n) is 6.34. The van der Waals surface area contributed by atoms with Gasteiger partial charge in [-0.1, -0.05) is 0 Å². The summed E-state index contributed by atoms with van der Waals surface area (Å²) >= 11 is 0. The van der Waals surface area contributed by atoms with Crippen LogP contribution in [0.5, 0.6) is 0 Å². The highest BCUT2D eigenvalue weighted by atomic mass is 15.2. The van der Waals surface area contributed by atoms with Crippen molar-refractivity contribution in [2.45, 2.75) is 50.1 Å². The predicted octanol–water partition coefficient (Wildman–Crippen LogP) is 2.00. The van der Waals surface area contributed by atoms with Crippen LogP contribution in [-0.4, -0.2) is 36.6 Å². The minimum absolute atomic E-state index is 0.255. The minimum atomic E-state index is -0.255. The molecule has 5 rings (SSSR count). The van der Waals surface area contributed by atoms with Gasteiger partial charge in [0.05, 0.1) is 6.07 Å². The molecule has 1 heterocycles. The van der Waals surface area contributed by atoms with Crippen molar-refractivity contribution in [3.63, 3.8) is 0 Å². The molecule has 104 valence electrons. The summed E-state index contributed by atoms with van der Waals surface area (Å²) in [7, 11) is 2.14. The minimum Gasteiger partial charge on any atom is -0.303 e. The maximum absolute atomic E-state index is 9.65. The van der Waals surface area contributed by atoms with Crippen LogP contribution in [-0.2, 0) is 0 Å². The summed E-state index contributed by atoms with van der Waals surface area (Å²) in [5.74, 6) is 3.77. The molecule has 3 nitrogen and oxygen atoms in total.